The second-order valence-electron chi connectivity index (χ2n) is 5.50. The Hall–Kier alpha value is -3.27. The number of esters is 1. The fourth-order valence-electron chi connectivity index (χ4n) is 2.42. The second kappa shape index (κ2) is 7.53. The van der Waals surface area contributed by atoms with Gasteiger partial charge in [-0.1, -0.05) is 6.07 Å². The molecule has 0 saturated heterocycles. The molecule has 0 fully saturated rings. The number of nitrogens with zero attached hydrogens (tertiary/aromatic N) is 1. The van der Waals surface area contributed by atoms with Crippen molar-refractivity contribution < 1.29 is 23.5 Å². The van der Waals surface area contributed by atoms with E-state index in [0.717, 1.165) is 11.1 Å². The molecule has 0 saturated carbocycles. The Bertz CT molecular complexity index is 841. The molecule has 0 radical (unpaired) electrons. The van der Waals surface area contributed by atoms with Crippen LogP contribution in [0.4, 0.5) is 5.88 Å². The largest absolute Gasteiger partial charge is 0.484 e. The SMILES string of the molecule is COC(=O)c1c(C)oc(NC(=O)COc2cc(C)cc(C)c2)c1C#N. The van der Waals surface area contributed by atoms with Crippen LogP contribution in [0.25, 0.3) is 0 Å². The number of hydrogen-bond donors (Lipinski definition) is 1. The first-order chi connectivity index (χ1) is 11.8. The Kier molecular flexibility index (Phi) is 5.45. The maximum Gasteiger partial charge on any atom is 0.342 e. The molecular weight excluding hydrogens is 324 g/mol. The van der Waals surface area contributed by atoms with Crippen LogP contribution in [-0.4, -0.2) is 25.6 Å². The van der Waals surface area contributed by atoms with Crippen molar-refractivity contribution >= 4 is 17.8 Å². The summed E-state index contributed by atoms with van der Waals surface area (Å²) in [6.45, 7) is 5.11. The highest BCUT2D eigenvalue weighted by atomic mass is 16.5. The summed E-state index contributed by atoms with van der Waals surface area (Å²) in [5.74, 6) is -0.562. The fourth-order valence-corrected chi connectivity index (χ4v) is 2.42. The molecule has 1 heterocycles. The van der Waals surface area contributed by atoms with Crippen molar-refractivity contribution in [3.8, 4) is 11.8 Å². The van der Waals surface area contributed by atoms with Crippen molar-refractivity contribution in [2.75, 3.05) is 19.0 Å². The fraction of sp³-hybridized carbons (Fsp3) is 0.278. The first kappa shape index (κ1) is 18.1. The van der Waals surface area contributed by atoms with E-state index in [9.17, 15) is 14.9 Å². The van der Waals surface area contributed by atoms with E-state index in [2.05, 4.69) is 10.1 Å². The lowest BCUT2D eigenvalue weighted by atomic mass is 10.1. The molecular formula is C18H18N2O5. The molecule has 0 aliphatic rings. The van der Waals surface area contributed by atoms with E-state index in [4.69, 9.17) is 9.15 Å². The number of hydrogen-bond acceptors (Lipinski definition) is 6. The Morgan fingerprint density at radius 2 is 1.84 bits per heavy atom. The number of carbonyl (C=O) groups is 2. The smallest absolute Gasteiger partial charge is 0.342 e. The molecule has 1 N–H and O–H groups in total. The minimum atomic E-state index is -0.704. The summed E-state index contributed by atoms with van der Waals surface area (Å²) in [7, 11) is 1.20. The summed E-state index contributed by atoms with van der Waals surface area (Å²) in [6, 6.07) is 7.46. The lowest BCUT2D eigenvalue weighted by molar-refractivity contribution is -0.118. The topological polar surface area (TPSA) is 102 Å². The number of anilines is 1. The molecule has 7 nitrogen and oxygen atoms in total. The highest BCUT2D eigenvalue weighted by molar-refractivity contribution is 5.98. The zero-order chi connectivity index (χ0) is 18.6. The Balaban J connectivity index is 2.10. The number of ether oxygens (including phenoxy) is 2. The normalized spacial score (nSPS) is 10.0. The molecule has 0 bridgehead atoms. The number of aryl methyl sites for hydroxylation is 3. The zero-order valence-electron chi connectivity index (χ0n) is 14.4. The predicted octanol–water partition coefficient (Wildman–Crippen LogP) is 2.88. The summed E-state index contributed by atoms with van der Waals surface area (Å²) in [5, 5.41) is 11.7. The lowest BCUT2D eigenvalue weighted by Gasteiger charge is -2.08. The molecule has 1 amide bonds. The van der Waals surface area contributed by atoms with Crippen LogP contribution < -0.4 is 10.1 Å². The average Bonchev–Trinajstić information content (AvgIpc) is 2.86. The van der Waals surface area contributed by atoms with E-state index in [-0.39, 0.29) is 29.4 Å². The van der Waals surface area contributed by atoms with Gasteiger partial charge in [0.1, 0.15) is 28.7 Å². The summed E-state index contributed by atoms with van der Waals surface area (Å²) < 4.78 is 15.4. The third-order valence-corrected chi connectivity index (χ3v) is 3.40. The number of carbonyl (C=O) groups excluding carboxylic acids is 2. The molecule has 0 unspecified atom stereocenters. The van der Waals surface area contributed by atoms with E-state index in [1.165, 1.54) is 14.0 Å². The van der Waals surface area contributed by atoms with Gasteiger partial charge in [0.15, 0.2) is 6.61 Å². The van der Waals surface area contributed by atoms with Crippen LogP contribution in [0, 0.1) is 32.1 Å². The highest BCUT2D eigenvalue weighted by Gasteiger charge is 2.25. The van der Waals surface area contributed by atoms with Crippen LogP contribution in [0.15, 0.2) is 22.6 Å². The van der Waals surface area contributed by atoms with Gasteiger partial charge in [-0.3, -0.25) is 10.1 Å². The molecule has 7 heteroatoms. The van der Waals surface area contributed by atoms with E-state index >= 15 is 0 Å². The van der Waals surface area contributed by atoms with Crippen LogP contribution >= 0.6 is 0 Å². The maximum atomic E-state index is 12.1. The highest BCUT2D eigenvalue weighted by Crippen LogP contribution is 2.27. The monoisotopic (exact) mass is 342 g/mol. The number of amides is 1. The molecule has 0 aliphatic carbocycles. The summed E-state index contributed by atoms with van der Waals surface area (Å²) in [5.41, 5.74) is 1.96. The van der Waals surface area contributed by atoms with Gasteiger partial charge >= 0.3 is 5.97 Å². The maximum absolute atomic E-state index is 12.1. The van der Waals surface area contributed by atoms with Gasteiger partial charge in [-0.05, 0) is 44.0 Å². The number of furan rings is 1. The number of nitrogens with one attached hydrogen (secondary N) is 1. The molecule has 25 heavy (non-hydrogen) atoms. The van der Waals surface area contributed by atoms with E-state index < -0.39 is 11.9 Å². The van der Waals surface area contributed by atoms with E-state index in [0.29, 0.717) is 5.75 Å². The third-order valence-electron chi connectivity index (χ3n) is 3.40. The predicted molar refractivity (Wildman–Crippen MR) is 89.5 cm³/mol. The molecule has 2 rings (SSSR count). The van der Waals surface area contributed by atoms with E-state index in [1.807, 2.05) is 38.1 Å². The van der Waals surface area contributed by atoms with Crippen molar-refractivity contribution in [3.05, 3.63) is 46.2 Å². The number of methoxy groups -OCH3 is 1. The van der Waals surface area contributed by atoms with Gasteiger partial charge in [0.05, 0.1) is 7.11 Å². The first-order valence-electron chi connectivity index (χ1n) is 7.48. The Morgan fingerprint density at radius 1 is 1.20 bits per heavy atom. The van der Waals surface area contributed by atoms with Crippen molar-refractivity contribution in [1.29, 1.82) is 5.26 Å². The van der Waals surface area contributed by atoms with Crippen molar-refractivity contribution in [1.82, 2.24) is 0 Å². The van der Waals surface area contributed by atoms with Crippen LogP contribution in [0.3, 0.4) is 0 Å². The van der Waals surface area contributed by atoms with Crippen molar-refractivity contribution in [3.63, 3.8) is 0 Å². The third kappa shape index (κ3) is 4.18. The molecule has 0 aliphatic heterocycles. The molecule has 2 aromatic rings. The Morgan fingerprint density at radius 3 is 2.40 bits per heavy atom. The van der Waals surface area contributed by atoms with Gasteiger partial charge in [0, 0.05) is 0 Å². The molecule has 1 aromatic heterocycles. The second-order valence-corrected chi connectivity index (χ2v) is 5.50. The lowest BCUT2D eigenvalue weighted by Crippen LogP contribution is -2.20. The van der Waals surface area contributed by atoms with Crippen LogP contribution in [-0.2, 0) is 9.53 Å². The first-order valence-corrected chi connectivity index (χ1v) is 7.48. The van der Waals surface area contributed by atoms with Gasteiger partial charge in [0.2, 0.25) is 5.88 Å². The summed E-state index contributed by atoms with van der Waals surface area (Å²) in [4.78, 5) is 23.8. The summed E-state index contributed by atoms with van der Waals surface area (Å²) in [6.07, 6.45) is 0. The molecule has 1 aromatic carbocycles. The quantitative estimate of drug-likeness (QED) is 0.838. The standard InChI is InChI=1S/C18H18N2O5/c1-10-5-11(2)7-13(6-10)24-9-15(21)20-17-14(8-19)16(12(3)25-17)18(22)23-4/h5-7H,9H2,1-4H3,(H,20,21). The van der Waals surface area contributed by atoms with Crippen LogP contribution in [0.5, 0.6) is 5.75 Å². The van der Waals surface area contributed by atoms with Crippen molar-refractivity contribution in [2.45, 2.75) is 20.8 Å². The minimum absolute atomic E-state index is 0.00414. The molecule has 130 valence electrons. The number of rotatable bonds is 5. The van der Waals surface area contributed by atoms with Gasteiger partial charge in [-0.25, -0.2) is 4.79 Å². The average molecular weight is 342 g/mol. The minimum Gasteiger partial charge on any atom is -0.484 e. The number of benzene rings is 1. The van der Waals surface area contributed by atoms with Crippen LogP contribution in [0.2, 0.25) is 0 Å². The number of nitriles is 1. The van der Waals surface area contributed by atoms with Crippen LogP contribution in [0.1, 0.15) is 32.8 Å². The molecule has 0 spiro atoms. The summed E-state index contributed by atoms with van der Waals surface area (Å²) >= 11 is 0. The van der Waals surface area contributed by atoms with Gasteiger partial charge < -0.3 is 13.9 Å². The van der Waals surface area contributed by atoms with Gasteiger partial charge in [-0.2, -0.15) is 5.26 Å². The van der Waals surface area contributed by atoms with Crippen molar-refractivity contribution in [2.24, 2.45) is 0 Å². The zero-order valence-corrected chi connectivity index (χ0v) is 14.4. The van der Waals surface area contributed by atoms with Gasteiger partial charge in [-0.15, -0.1) is 0 Å². The Labute approximate surface area is 145 Å². The van der Waals surface area contributed by atoms with Gasteiger partial charge in [0.25, 0.3) is 5.91 Å². The molecule has 0 atom stereocenters. The van der Waals surface area contributed by atoms with E-state index in [1.54, 1.807) is 0 Å².